The Bertz CT molecular complexity index is 966. The lowest BCUT2D eigenvalue weighted by molar-refractivity contribution is -0.130. The molecule has 0 aromatic heterocycles. The van der Waals surface area contributed by atoms with Crippen LogP contribution in [0.1, 0.15) is 25.3 Å². The Morgan fingerprint density at radius 3 is 2.74 bits per heavy atom. The molecular weight excluding hydrogens is 388 g/mol. The number of rotatable bonds is 7. The first-order chi connectivity index (χ1) is 15.1. The lowest BCUT2D eigenvalue weighted by Gasteiger charge is -2.26. The van der Waals surface area contributed by atoms with Crippen molar-refractivity contribution in [2.45, 2.75) is 38.3 Å². The number of nitriles is 1. The minimum Gasteiger partial charge on any atom is -0.497 e. The van der Waals surface area contributed by atoms with Gasteiger partial charge in [0.15, 0.2) is 0 Å². The van der Waals surface area contributed by atoms with E-state index in [4.69, 9.17) is 4.74 Å². The highest BCUT2D eigenvalue weighted by Gasteiger charge is 2.28. The van der Waals surface area contributed by atoms with Gasteiger partial charge in [-0.25, -0.2) is 0 Å². The quantitative estimate of drug-likeness (QED) is 0.748. The lowest BCUT2D eigenvalue weighted by atomic mass is 10.0. The summed E-state index contributed by atoms with van der Waals surface area (Å²) in [4.78, 5) is 16.6. The van der Waals surface area contributed by atoms with Crippen LogP contribution in [0.15, 0.2) is 42.5 Å². The van der Waals surface area contributed by atoms with Crippen molar-refractivity contribution in [1.29, 1.82) is 5.26 Å². The van der Waals surface area contributed by atoms with Crippen molar-refractivity contribution >= 4 is 11.6 Å². The summed E-state index contributed by atoms with van der Waals surface area (Å²) < 4.78 is 5.27. The average molecular weight is 419 g/mol. The summed E-state index contributed by atoms with van der Waals surface area (Å²) in [6.45, 7) is 4.93. The van der Waals surface area contributed by atoms with Crippen LogP contribution in [0.25, 0.3) is 11.1 Å². The highest BCUT2D eigenvalue weighted by molar-refractivity contribution is 5.79. The number of ether oxygens (including phenoxy) is 1. The maximum atomic E-state index is 12.5. The SMILES string of the molecule is COc1ccc(-c2ccc3c(c2)N(C[C@H](C)NCC(=O)N2CCCC2C#N)CC3)cc1. The zero-order chi connectivity index (χ0) is 21.8. The largest absolute Gasteiger partial charge is 0.497 e. The molecule has 1 saturated heterocycles. The Morgan fingerprint density at radius 1 is 1.23 bits per heavy atom. The molecule has 2 aromatic rings. The molecule has 31 heavy (non-hydrogen) atoms. The summed E-state index contributed by atoms with van der Waals surface area (Å²) >= 11 is 0. The summed E-state index contributed by atoms with van der Waals surface area (Å²) in [5, 5.41) is 12.6. The molecule has 2 aliphatic heterocycles. The van der Waals surface area contributed by atoms with Gasteiger partial charge in [-0.3, -0.25) is 4.79 Å². The second-order valence-electron chi connectivity index (χ2n) is 8.42. The van der Waals surface area contributed by atoms with Gasteiger partial charge in [0, 0.05) is 31.4 Å². The molecule has 1 fully saturated rings. The Hall–Kier alpha value is -3.04. The fourth-order valence-corrected chi connectivity index (χ4v) is 4.56. The number of carbonyl (C=O) groups is 1. The van der Waals surface area contributed by atoms with E-state index in [1.54, 1.807) is 12.0 Å². The van der Waals surface area contributed by atoms with E-state index in [-0.39, 0.29) is 24.5 Å². The van der Waals surface area contributed by atoms with Crippen LogP contribution in [0.3, 0.4) is 0 Å². The van der Waals surface area contributed by atoms with Crippen molar-refractivity contribution in [3.63, 3.8) is 0 Å². The first-order valence-corrected chi connectivity index (χ1v) is 11.0. The minimum absolute atomic E-state index is 0.0273. The number of nitrogens with zero attached hydrogens (tertiary/aromatic N) is 3. The molecule has 1 unspecified atom stereocenters. The van der Waals surface area contributed by atoms with Crippen LogP contribution in [0.2, 0.25) is 0 Å². The second kappa shape index (κ2) is 9.40. The summed E-state index contributed by atoms with van der Waals surface area (Å²) in [7, 11) is 1.68. The molecule has 0 aliphatic carbocycles. The Kier molecular flexibility index (Phi) is 6.43. The van der Waals surface area contributed by atoms with Crippen LogP contribution < -0.4 is 15.0 Å². The predicted molar refractivity (Wildman–Crippen MR) is 122 cm³/mol. The number of methoxy groups -OCH3 is 1. The maximum absolute atomic E-state index is 12.5. The van der Waals surface area contributed by atoms with Gasteiger partial charge in [0.05, 0.1) is 19.7 Å². The molecule has 162 valence electrons. The number of hydrogen-bond acceptors (Lipinski definition) is 5. The van der Waals surface area contributed by atoms with E-state index in [0.29, 0.717) is 6.54 Å². The van der Waals surface area contributed by atoms with E-state index in [0.717, 1.165) is 38.1 Å². The number of likely N-dealkylation sites (tertiary alicyclic amines) is 1. The molecule has 2 atom stereocenters. The molecule has 0 radical (unpaired) electrons. The predicted octanol–water partition coefficient (Wildman–Crippen LogP) is 3.22. The van der Waals surface area contributed by atoms with E-state index in [2.05, 4.69) is 53.5 Å². The van der Waals surface area contributed by atoms with Gasteiger partial charge in [0.2, 0.25) is 5.91 Å². The highest BCUT2D eigenvalue weighted by atomic mass is 16.5. The fraction of sp³-hybridized carbons (Fsp3) is 0.440. The van der Waals surface area contributed by atoms with Crippen LogP contribution in [-0.2, 0) is 11.2 Å². The van der Waals surface area contributed by atoms with E-state index >= 15 is 0 Å². The summed E-state index contributed by atoms with van der Waals surface area (Å²) in [5.41, 5.74) is 5.01. The van der Waals surface area contributed by atoms with E-state index in [1.807, 2.05) is 12.1 Å². The number of fused-ring (bicyclic) bond motifs is 1. The molecule has 1 amide bonds. The molecule has 6 heteroatoms. The van der Waals surface area contributed by atoms with E-state index in [9.17, 15) is 10.1 Å². The Labute approximate surface area is 184 Å². The number of nitrogens with one attached hydrogen (secondary N) is 1. The molecule has 0 saturated carbocycles. The summed E-state index contributed by atoms with van der Waals surface area (Å²) in [6, 6.07) is 17.0. The zero-order valence-electron chi connectivity index (χ0n) is 18.3. The topological polar surface area (TPSA) is 68.6 Å². The molecule has 0 spiro atoms. The molecule has 4 rings (SSSR count). The Balaban J connectivity index is 1.37. The van der Waals surface area contributed by atoms with Crippen molar-refractivity contribution < 1.29 is 9.53 Å². The fourth-order valence-electron chi connectivity index (χ4n) is 4.56. The van der Waals surface area contributed by atoms with Crippen molar-refractivity contribution in [3.8, 4) is 22.9 Å². The molecule has 6 nitrogen and oxygen atoms in total. The Morgan fingerprint density at radius 2 is 2.00 bits per heavy atom. The second-order valence-corrected chi connectivity index (χ2v) is 8.42. The molecule has 2 heterocycles. The number of benzene rings is 2. The van der Waals surface area contributed by atoms with Crippen LogP contribution in [-0.4, -0.2) is 56.2 Å². The van der Waals surface area contributed by atoms with Gasteiger partial charge in [-0.1, -0.05) is 24.3 Å². The summed E-state index contributed by atoms with van der Waals surface area (Å²) in [6.07, 6.45) is 2.75. The lowest BCUT2D eigenvalue weighted by Crippen LogP contribution is -2.45. The van der Waals surface area contributed by atoms with Gasteiger partial charge >= 0.3 is 0 Å². The first kappa shape index (κ1) is 21.2. The van der Waals surface area contributed by atoms with Gasteiger partial charge in [0.25, 0.3) is 0 Å². The van der Waals surface area contributed by atoms with Crippen molar-refractivity contribution in [2.75, 3.05) is 38.2 Å². The van der Waals surface area contributed by atoms with Crippen molar-refractivity contribution in [3.05, 3.63) is 48.0 Å². The van der Waals surface area contributed by atoms with Gasteiger partial charge < -0.3 is 19.9 Å². The number of hydrogen-bond donors (Lipinski definition) is 1. The molecule has 1 N–H and O–H groups in total. The molecule has 2 aromatic carbocycles. The van der Waals surface area contributed by atoms with E-state index in [1.165, 1.54) is 22.4 Å². The molecule has 2 aliphatic rings. The van der Waals surface area contributed by atoms with Gasteiger partial charge in [-0.2, -0.15) is 5.26 Å². The molecule has 0 bridgehead atoms. The normalized spacial score (nSPS) is 18.5. The number of anilines is 1. The van der Waals surface area contributed by atoms with Crippen LogP contribution >= 0.6 is 0 Å². The first-order valence-electron chi connectivity index (χ1n) is 11.0. The van der Waals surface area contributed by atoms with Crippen LogP contribution in [0.4, 0.5) is 5.69 Å². The third-order valence-corrected chi connectivity index (χ3v) is 6.32. The zero-order valence-corrected chi connectivity index (χ0v) is 18.3. The standard InChI is InChI=1S/C25H30N4O2/c1-18(27-16-25(30)29-12-3-4-22(29)15-26)17-28-13-11-20-5-6-21(14-24(20)28)19-7-9-23(31-2)10-8-19/h5-10,14,18,22,27H,3-4,11-13,16-17H2,1-2H3/t18-,22?/m0/s1. The highest BCUT2D eigenvalue weighted by Crippen LogP contribution is 2.33. The summed E-state index contributed by atoms with van der Waals surface area (Å²) in [5.74, 6) is 0.885. The van der Waals surface area contributed by atoms with Crippen LogP contribution in [0, 0.1) is 11.3 Å². The van der Waals surface area contributed by atoms with Gasteiger partial charge in [0.1, 0.15) is 11.8 Å². The third kappa shape index (κ3) is 4.67. The van der Waals surface area contributed by atoms with Gasteiger partial charge in [-0.05, 0) is 61.1 Å². The van der Waals surface area contributed by atoms with Crippen molar-refractivity contribution in [1.82, 2.24) is 10.2 Å². The van der Waals surface area contributed by atoms with E-state index < -0.39 is 0 Å². The average Bonchev–Trinajstić information content (AvgIpc) is 3.44. The number of carbonyl (C=O) groups excluding carboxylic acids is 1. The van der Waals surface area contributed by atoms with Crippen LogP contribution in [0.5, 0.6) is 5.75 Å². The third-order valence-electron chi connectivity index (χ3n) is 6.32. The smallest absolute Gasteiger partial charge is 0.237 e. The number of amides is 1. The molecular formula is C25H30N4O2. The van der Waals surface area contributed by atoms with Gasteiger partial charge in [-0.15, -0.1) is 0 Å². The monoisotopic (exact) mass is 418 g/mol. The van der Waals surface area contributed by atoms with Crippen molar-refractivity contribution in [2.24, 2.45) is 0 Å². The maximum Gasteiger partial charge on any atom is 0.237 e. The minimum atomic E-state index is -0.258.